The largest absolute Gasteiger partial charge is 0.507 e. The molecule has 1 saturated heterocycles. The maximum absolute atomic E-state index is 13.0. The van der Waals surface area contributed by atoms with E-state index in [2.05, 4.69) is 20.8 Å². The van der Waals surface area contributed by atoms with E-state index in [1.165, 1.54) is 0 Å². The van der Waals surface area contributed by atoms with Crippen molar-refractivity contribution in [1.82, 2.24) is 9.80 Å². The van der Waals surface area contributed by atoms with Gasteiger partial charge in [-0.05, 0) is 42.8 Å². The SMILES string of the molecule is CN(C)CCN1C(=O)C(=O)/C(=C(\O)c2cccc(Cl)c2)C1c1ccc(C(C)(C)C)cc1. The normalized spacial score (nSPS) is 18.8. The van der Waals surface area contributed by atoms with Gasteiger partial charge in [0.15, 0.2) is 0 Å². The minimum atomic E-state index is -0.680. The number of carbonyl (C=O) groups is 2. The van der Waals surface area contributed by atoms with E-state index >= 15 is 0 Å². The number of aliphatic hydroxyl groups excluding tert-OH is 1. The Kier molecular flexibility index (Phi) is 6.58. The van der Waals surface area contributed by atoms with Crippen LogP contribution < -0.4 is 0 Å². The molecule has 1 unspecified atom stereocenters. The Morgan fingerprint density at radius 3 is 2.29 bits per heavy atom. The number of benzene rings is 2. The van der Waals surface area contributed by atoms with E-state index in [1.54, 1.807) is 29.2 Å². The Labute approximate surface area is 188 Å². The zero-order valence-corrected chi connectivity index (χ0v) is 19.4. The second kappa shape index (κ2) is 8.85. The van der Waals surface area contributed by atoms with Crippen molar-refractivity contribution < 1.29 is 14.7 Å². The average molecular weight is 441 g/mol. The molecule has 5 nitrogen and oxygen atoms in total. The van der Waals surface area contributed by atoms with Gasteiger partial charge in [-0.15, -0.1) is 0 Å². The van der Waals surface area contributed by atoms with Crippen LogP contribution in [0.3, 0.4) is 0 Å². The summed E-state index contributed by atoms with van der Waals surface area (Å²) in [6, 6.07) is 13.9. The Morgan fingerprint density at radius 2 is 1.74 bits per heavy atom. The lowest BCUT2D eigenvalue weighted by molar-refractivity contribution is -0.140. The van der Waals surface area contributed by atoms with Crippen LogP contribution >= 0.6 is 11.6 Å². The highest BCUT2D eigenvalue weighted by atomic mass is 35.5. The van der Waals surface area contributed by atoms with E-state index < -0.39 is 17.7 Å². The summed E-state index contributed by atoms with van der Waals surface area (Å²) in [7, 11) is 3.82. The van der Waals surface area contributed by atoms with Crippen molar-refractivity contribution in [3.8, 4) is 0 Å². The van der Waals surface area contributed by atoms with Crippen LogP contribution in [-0.2, 0) is 15.0 Å². The van der Waals surface area contributed by atoms with E-state index in [1.807, 2.05) is 43.3 Å². The lowest BCUT2D eigenvalue weighted by atomic mass is 9.85. The van der Waals surface area contributed by atoms with Crippen molar-refractivity contribution in [2.75, 3.05) is 27.2 Å². The zero-order chi connectivity index (χ0) is 22.9. The molecule has 1 aliphatic heterocycles. The molecule has 31 heavy (non-hydrogen) atoms. The fourth-order valence-corrected chi connectivity index (χ4v) is 3.91. The van der Waals surface area contributed by atoms with E-state index in [-0.39, 0.29) is 16.7 Å². The highest BCUT2D eigenvalue weighted by molar-refractivity contribution is 6.46. The van der Waals surface area contributed by atoms with Gasteiger partial charge in [0.05, 0.1) is 11.6 Å². The lowest BCUT2D eigenvalue weighted by Gasteiger charge is -2.27. The molecule has 1 heterocycles. The van der Waals surface area contributed by atoms with Gasteiger partial charge in [0.2, 0.25) is 0 Å². The van der Waals surface area contributed by atoms with E-state index in [9.17, 15) is 14.7 Å². The number of carbonyl (C=O) groups excluding carboxylic acids is 2. The van der Waals surface area contributed by atoms with Gasteiger partial charge in [-0.3, -0.25) is 9.59 Å². The number of Topliss-reactive ketones (excluding diaryl/α,β-unsaturated/α-hetero) is 1. The number of nitrogens with zero attached hydrogens (tertiary/aromatic N) is 2. The fourth-order valence-electron chi connectivity index (χ4n) is 3.72. The fraction of sp³-hybridized carbons (Fsp3) is 0.360. The maximum Gasteiger partial charge on any atom is 0.295 e. The predicted molar refractivity (Wildman–Crippen MR) is 124 cm³/mol. The van der Waals surface area contributed by atoms with Gasteiger partial charge in [-0.2, -0.15) is 0 Å². The van der Waals surface area contributed by atoms with Crippen molar-refractivity contribution in [2.24, 2.45) is 0 Å². The van der Waals surface area contributed by atoms with Crippen molar-refractivity contribution in [2.45, 2.75) is 32.2 Å². The van der Waals surface area contributed by atoms with E-state index in [0.717, 1.165) is 11.1 Å². The van der Waals surface area contributed by atoms with Gasteiger partial charge in [-0.25, -0.2) is 0 Å². The van der Waals surface area contributed by atoms with Crippen molar-refractivity contribution in [3.63, 3.8) is 0 Å². The molecule has 164 valence electrons. The number of amides is 1. The van der Waals surface area contributed by atoms with Crippen molar-refractivity contribution >= 4 is 29.1 Å². The molecule has 1 fully saturated rings. The molecular weight excluding hydrogens is 412 g/mol. The molecule has 3 rings (SSSR count). The average Bonchev–Trinajstić information content (AvgIpc) is 2.95. The Bertz CT molecular complexity index is 1020. The zero-order valence-electron chi connectivity index (χ0n) is 18.6. The van der Waals surface area contributed by atoms with Gasteiger partial charge in [0, 0.05) is 23.7 Å². The molecule has 6 heteroatoms. The highest BCUT2D eigenvalue weighted by Gasteiger charge is 2.45. The molecule has 2 aromatic carbocycles. The summed E-state index contributed by atoms with van der Waals surface area (Å²) in [4.78, 5) is 29.4. The van der Waals surface area contributed by atoms with Gasteiger partial charge >= 0.3 is 0 Å². The summed E-state index contributed by atoms with van der Waals surface area (Å²) in [6.07, 6.45) is 0. The predicted octanol–water partition coefficient (Wildman–Crippen LogP) is 4.62. The Hall–Kier alpha value is -2.63. The first-order valence-corrected chi connectivity index (χ1v) is 10.7. The number of likely N-dealkylation sites (N-methyl/N-ethyl adjacent to an activating group) is 1. The first-order chi connectivity index (χ1) is 14.5. The Balaban J connectivity index is 2.14. The highest BCUT2D eigenvalue weighted by Crippen LogP contribution is 2.40. The van der Waals surface area contributed by atoms with Gasteiger partial charge in [0.25, 0.3) is 11.7 Å². The summed E-state index contributed by atoms with van der Waals surface area (Å²) in [5.41, 5.74) is 2.42. The molecule has 0 radical (unpaired) electrons. The summed E-state index contributed by atoms with van der Waals surface area (Å²) < 4.78 is 0. The standard InChI is InChI=1S/C25H29ClN2O3/c1-25(2,3)18-11-9-16(10-12-18)21-20(22(29)17-7-6-8-19(26)15-17)23(30)24(31)28(21)14-13-27(4)5/h6-12,15,21,29H,13-14H2,1-5H3/b22-20-. The Morgan fingerprint density at radius 1 is 1.10 bits per heavy atom. The minimum Gasteiger partial charge on any atom is -0.507 e. The van der Waals surface area contributed by atoms with Crippen LogP contribution in [0.2, 0.25) is 5.02 Å². The first kappa shape index (κ1) is 23.0. The summed E-state index contributed by atoms with van der Waals surface area (Å²) in [6.45, 7) is 7.36. The topological polar surface area (TPSA) is 60.9 Å². The lowest BCUT2D eigenvalue weighted by Crippen LogP contribution is -2.35. The van der Waals surface area contributed by atoms with Crippen LogP contribution in [0.1, 0.15) is 43.5 Å². The number of halogens is 1. The molecule has 2 aromatic rings. The summed E-state index contributed by atoms with van der Waals surface area (Å²) in [5.74, 6) is -1.49. The molecular formula is C25H29ClN2O3. The maximum atomic E-state index is 13.0. The van der Waals surface area contributed by atoms with Crippen LogP contribution in [0.25, 0.3) is 5.76 Å². The van der Waals surface area contributed by atoms with Gasteiger partial charge in [-0.1, -0.05) is 68.8 Å². The minimum absolute atomic E-state index is 0.0218. The van der Waals surface area contributed by atoms with Crippen LogP contribution in [0.5, 0.6) is 0 Å². The molecule has 1 aliphatic rings. The molecule has 0 saturated carbocycles. The second-order valence-electron chi connectivity index (χ2n) is 9.18. The third-order valence-electron chi connectivity index (χ3n) is 5.52. The van der Waals surface area contributed by atoms with E-state index in [4.69, 9.17) is 11.6 Å². The van der Waals surface area contributed by atoms with Crippen molar-refractivity contribution in [1.29, 1.82) is 0 Å². The summed E-state index contributed by atoms with van der Waals surface area (Å²) >= 11 is 6.09. The van der Waals surface area contributed by atoms with Crippen LogP contribution in [-0.4, -0.2) is 53.8 Å². The first-order valence-electron chi connectivity index (χ1n) is 10.3. The number of likely N-dealkylation sites (tertiary alicyclic amines) is 1. The molecule has 0 bridgehead atoms. The number of hydrogen-bond acceptors (Lipinski definition) is 4. The quantitative estimate of drug-likeness (QED) is 0.418. The molecule has 0 spiro atoms. The number of aliphatic hydroxyl groups is 1. The summed E-state index contributed by atoms with van der Waals surface area (Å²) in [5, 5.41) is 11.5. The monoisotopic (exact) mass is 440 g/mol. The second-order valence-corrected chi connectivity index (χ2v) is 9.61. The third kappa shape index (κ3) is 4.83. The van der Waals surface area contributed by atoms with Crippen molar-refractivity contribution in [3.05, 3.63) is 75.8 Å². The number of rotatable bonds is 5. The third-order valence-corrected chi connectivity index (χ3v) is 5.75. The molecule has 0 aliphatic carbocycles. The molecule has 0 aromatic heterocycles. The van der Waals surface area contributed by atoms with E-state index in [0.29, 0.717) is 23.7 Å². The number of hydrogen-bond donors (Lipinski definition) is 1. The number of ketones is 1. The molecule has 1 N–H and O–H groups in total. The smallest absolute Gasteiger partial charge is 0.295 e. The van der Waals surface area contributed by atoms with Gasteiger partial charge in [0.1, 0.15) is 5.76 Å². The van der Waals surface area contributed by atoms with Crippen LogP contribution in [0, 0.1) is 0 Å². The molecule has 1 amide bonds. The van der Waals surface area contributed by atoms with Crippen LogP contribution in [0.4, 0.5) is 0 Å². The van der Waals surface area contributed by atoms with Crippen LogP contribution in [0.15, 0.2) is 54.1 Å². The molecule has 1 atom stereocenters. The van der Waals surface area contributed by atoms with Gasteiger partial charge < -0.3 is 14.9 Å².